The van der Waals surface area contributed by atoms with Crippen molar-refractivity contribution in [2.24, 2.45) is 5.10 Å². The van der Waals surface area contributed by atoms with Crippen molar-refractivity contribution in [2.45, 2.75) is 39.7 Å². The highest BCUT2D eigenvalue weighted by atomic mass is 16.2. The number of fused-ring (bicyclic) bond motifs is 1. The van der Waals surface area contributed by atoms with Crippen LogP contribution in [0, 0.1) is 0 Å². The van der Waals surface area contributed by atoms with Crippen molar-refractivity contribution in [2.75, 3.05) is 0 Å². The van der Waals surface area contributed by atoms with Gasteiger partial charge in [0.15, 0.2) is 5.69 Å². The summed E-state index contributed by atoms with van der Waals surface area (Å²) in [6, 6.07) is 16.8. The number of carbonyl (C=O) groups is 1. The third kappa shape index (κ3) is 4.17. The van der Waals surface area contributed by atoms with E-state index < -0.39 is 5.91 Å². The number of hydrogen-bond acceptors (Lipinski definition) is 4. The Morgan fingerprint density at radius 3 is 2.39 bits per heavy atom. The number of amides is 1. The van der Waals surface area contributed by atoms with E-state index in [0.717, 1.165) is 24.1 Å². The molecule has 0 unspecified atom stereocenters. The van der Waals surface area contributed by atoms with E-state index in [0.29, 0.717) is 23.7 Å². The molecule has 144 valence electrons. The van der Waals surface area contributed by atoms with E-state index in [-0.39, 0.29) is 11.3 Å². The maximum atomic E-state index is 12.9. The second-order valence-corrected chi connectivity index (χ2v) is 6.50. The van der Waals surface area contributed by atoms with Crippen molar-refractivity contribution in [3.63, 3.8) is 0 Å². The summed E-state index contributed by atoms with van der Waals surface area (Å²) in [5.74, 6) is -0.427. The lowest BCUT2D eigenvalue weighted by Gasteiger charge is -2.10. The van der Waals surface area contributed by atoms with E-state index >= 15 is 0 Å². The molecule has 1 aromatic heterocycles. The molecule has 0 saturated carbocycles. The van der Waals surface area contributed by atoms with Crippen LogP contribution in [0.25, 0.3) is 10.8 Å². The van der Waals surface area contributed by atoms with Crippen LogP contribution in [0.1, 0.15) is 49.2 Å². The van der Waals surface area contributed by atoms with Crippen molar-refractivity contribution in [3.05, 3.63) is 76.2 Å². The van der Waals surface area contributed by atoms with Gasteiger partial charge in [0.2, 0.25) is 0 Å². The molecule has 28 heavy (non-hydrogen) atoms. The minimum absolute atomic E-state index is 0.178. The van der Waals surface area contributed by atoms with Gasteiger partial charge in [-0.05, 0) is 24.5 Å². The van der Waals surface area contributed by atoms with E-state index in [1.807, 2.05) is 44.2 Å². The maximum Gasteiger partial charge on any atom is 0.292 e. The van der Waals surface area contributed by atoms with Gasteiger partial charge in [0.25, 0.3) is 11.5 Å². The highest BCUT2D eigenvalue weighted by Gasteiger charge is 2.16. The van der Waals surface area contributed by atoms with Gasteiger partial charge in [-0.3, -0.25) is 9.59 Å². The molecule has 2 aromatic carbocycles. The molecular formula is C22H24N4O2. The predicted molar refractivity (Wildman–Crippen MR) is 112 cm³/mol. The number of carbonyl (C=O) groups excluding carboxylic acids is 1. The smallest absolute Gasteiger partial charge is 0.267 e. The first-order valence-electron chi connectivity index (χ1n) is 9.57. The van der Waals surface area contributed by atoms with E-state index in [4.69, 9.17) is 0 Å². The number of nitrogens with zero attached hydrogens (tertiary/aromatic N) is 3. The zero-order chi connectivity index (χ0) is 19.9. The van der Waals surface area contributed by atoms with Crippen LogP contribution in [0.15, 0.2) is 64.5 Å². The highest BCUT2D eigenvalue weighted by Crippen LogP contribution is 2.14. The second-order valence-electron chi connectivity index (χ2n) is 6.50. The molecular weight excluding hydrogens is 352 g/mol. The van der Waals surface area contributed by atoms with Gasteiger partial charge in [-0.15, -0.1) is 0 Å². The van der Waals surface area contributed by atoms with Gasteiger partial charge < -0.3 is 0 Å². The van der Waals surface area contributed by atoms with Gasteiger partial charge in [0, 0.05) is 11.9 Å². The molecule has 3 rings (SSSR count). The molecule has 0 saturated heterocycles. The fraction of sp³-hybridized carbons (Fsp3) is 0.273. The summed E-state index contributed by atoms with van der Waals surface area (Å²) in [6.45, 7) is 4.51. The van der Waals surface area contributed by atoms with Gasteiger partial charge in [-0.25, -0.2) is 10.1 Å². The zero-order valence-corrected chi connectivity index (χ0v) is 16.2. The first kappa shape index (κ1) is 19.5. The van der Waals surface area contributed by atoms with E-state index in [1.165, 1.54) is 4.68 Å². The lowest BCUT2D eigenvalue weighted by molar-refractivity contribution is 0.0949. The molecule has 0 spiro atoms. The van der Waals surface area contributed by atoms with Gasteiger partial charge in [-0.2, -0.15) is 10.2 Å². The predicted octanol–water partition coefficient (Wildman–Crippen LogP) is 3.74. The number of hydrazone groups is 1. The molecule has 1 amide bonds. The SMILES string of the molecule is CCCCn1nc(C(=O)N/N=C(\CC)c2ccccc2)c2ccccc2c1=O. The van der Waals surface area contributed by atoms with Crippen LogP contribution >= 0.6 is 0 Å². The lowest BCUT2D eigenvalue weighted by Crippen LogP contribution is -2.29. The van der Waals surface area contributed by atoms with E-state index in [1.54, 1.807) is 24.3 Å². The van der Waals surface area contributed by atoms with Crippen molar-refractivity contribution in [3.8, 4) is 0 Å². The molecule has 0 aliphatic heterocycles. The summed E-state index contributed by atoms with van der Waals surface area (Å²) in [5.41, 5.74) is 4.37. The fourth-order valence-electron chi connectivity index (χ4n) is 3.01. The molecule has 0 atom stereocenters. The van der Waals surface area contributed by atoms with Gasteiger partial charge in [-0.1, -0.05) is 68.8 Å². The van der Waals surface area contributed by atoms with Crippen LogP contribution in [-0.4, -0.2) is 21.4 Å². The fourth-order valence-corrected chi connectivity index (χ4v) is 3.01. The summed E-state index contributed by atoms with van der Waals surface area (Å²) < 4.78 is 1.38. The van der Waals surface area contributed by atoms with Crippen molar-refractivity contribution >= 4 is 22.4 Å². The molecule has 6 heteroatoms. The Morgan fingerprint density at radius 2 is 1.71 bits per heavy atom. The summed E-state index contributed by atoms with van der Waals surface area (Å²) in [5, 5.41) is 9.66. The Balaban J connectivity index is 1.98. The number of aryl methyl sites for hydroxylation is 1. The van der Waals surface area contributed by atoms with Crippen molar-refractivity contribution in [1.82, 2.24) is 15.2 Å². The van der Waals surface area contributed by atoms with E-state index in [9.17, 15) is 9.59 Å². The lowest BCUT2D eigenvalue weighted by atomic mass is 10.1. The Hall–Kier alpha value is -3.28. The summed E-state index contributed by atoms with van der Waals surface area (Å²) in [6.07, 6.45) is 2.43. The van der Waals surface area contributed by atoms with Crippen LogP contribution in [0.2, 0.25) is 0 Å². The normalized spacial score (nSPS) is 11.6. The van der Waals surface area contributed by atoms with Crippen LogP contribution < -0.4 is 11.0 Å². The molecule has 1 heterocycles. The minimum Gasteiger partial charge on any atom is -0.267 e. The zero-order valence-electron chi connectivity index (χ0n) is 16.2. The topological polar surface area (TPSA) is 76.3 Å². The van der Waals surface area contributed by atoms with Crippen LogP contribution in [0.5, 0.6) is 0 Å². The van der Waals surface area contributed by atoms with Gasteiger partial charge in [0.05, 0.1) is 11.1 Å². The number of unbranched alkanes of at least 4 members (excludes halogenated alkanes) is 1. The molecule has 0 aliphatic carbocycles. The molecule has 6 nitrogen and oxygen atoms in total. The Bertz CT molecular complexity index is 1060. The maximum absolute atomic E-state index is 12.9. The number of benzene rings is 2. The number of hydrogen-bond donors (Lipinski definition) is 1. The third-order valence-corrected chi connectivity index (χ3v) is 4.54. The minimum atomic E-state index is -0.427. The molecule has 0 aliphatic rings. The average Bonchev–Trinajstić information content (AvgIpc) is 2.74. The standard InChI is InChI=1S/C22H24N4O2/c1-3-5-15-26-22(28)18-14-10-9-13-17(18)20(25-26)21(27)24-23-19(4-2)16-11-7-6-8-12-16/h6-14H,3-5,15H2,1-2H3,(H,24,27)/b23-19+. The third-order valence-electron chi connectivity index (χ3n) is 4.54. The van der Waals surface area contributed by atoms with Gasteiger partial charge >= 0.3 is 0 Å². The molecule has 1 N–H and O–H groups in total. The monoisotopic (exact) mass is 376 g/mol. The summed E-state index contributed by atoms with van der Waals surface area (Å²) in [7, 11) is 0. The quantitative estimate of drug-likeness (QED) is 0.504. The second kappa shape index (κ2) is 9.08. The van der Waals surface area contributed by atoms with Crippen LogP contribution in [-0.2, 0) is 6.54 Å². The van der Waals surface area contributed by atoms with Crippen LogP contribution in [0.3, 0.4) is 0 Å². The summed E-state index contributed by atoms with van der Waals surface area (Å²) >= 11 is 0. The number of rotatable bonds is 7. The number of aromatic nitrogens is 2. The van der Waals surface area contributed by atoms with Crippen LogP contribution in [0.4, 0.5) is 0 Å². The molecule has 0 fully saturated rings. The average molecular weight is 376 g/mol. The Morgan fingerprint density at radius 1 is 1.04 bits per heavy atom. The first-order valence-corrected chi connectivity index (χ1v) is 9.57. The largest absolute Gasteiger partial charge is 0.292 e. The molecule has 3 aromatic rings. The molecule has 0 bridgehead atoms. The Labute approximate surface area is 163 Å². The molecule has 0 radical (unpaired) electrons. The van der Waals surface area contributed by atoms with Crippen molar-refractivity contribution in [1.29, 1.82) is 0 Å². The highest BCUT2D eigenvalue weighted by molar-refractivity contribution is 6.06. The Kier molecular flexibility index (Phi) is 6.32. The van der Waals surface area contributed by atoms with Gasteiger partial charge in [0.1, 0.15) is 0 Å². The first-order chi connectivity index (χ1) is 13.7. The van der Waals surface area contributed by atoms with E-state index in [2.05, 4.69) is 15.6 Å². The van der Waals surface area contributed by atoms with Crippen molar-refractivity contribution < 1.29 is 4.79 Å². The summed E-state index contributed by atoms with van der Waals surface area (Å²) in [4.78, 5) is 25.5. The number of nitrogens with one attached hydrogen (secondary N) is 1.